The van der Waals surface area contributed by atoms with E-state index in [0.717, 1.165) is 5.56 Å². The average Bonchev–Trinajstić information content (AvgIpc) is 2.91. The van der Waals surface area contributed by atoms with E-state index in [1.54, 1.807) is 50.6 Å². The molecule has 0 radical (unpaired) electrons. The van der Waals surface area contributed by atoms with Gasteiger partial charge in [-0.1, -0.05) is 47.2 Å². The zero-order valence-electron chi connectivity index (χ0n) is 13.8. The summed E-state index contributed by atoms with van der Waals surface area (Å²) >= 11 is 18.6. The zero-order valence-corrected chi connectivity index (χ0v) is 16.9. The normalized spacial score (nSPS) is 15.7. The number of amides is 1. The van der Waals surface area contributed by atoms with Gasteiger partial charge in [0.15, 0.2) is 4.32 Å². The second-order valence-electron chi connectivity index (χ2n) is 5.22. The summed E-state index contributed by atoms with van der Waals surface area (Å²) in [4.78, 5) is 14.8. The number of benzene rings is 2. The Morgan fingerprint density at radius 2 is 1.85 bits per heavy atom. The predicted molar refractivity (Wildman–Crippen MR) is 112 cm³/mol. The van der Waals surface area contributed by atoms with Gasteiger partial charge in [-0.05, 0) is 36.4 Å². The summed E-state index contributed by atoms with van der Waals surface area (Å²) in [6, 6.07) is 10.3. The van der Waals surface area contributed by atoms with Gasteiger partial charge in [0.05, 0.1) is 34.9 Å². The first-order chi connectivity index (χ1) is 12.4. The Bertz CT molecular complexity index is 931. The molecule has 1 heterocycles. The van der Waals surface area contributed by atoms with Crippen molar-refractivity contribution in [2.24, 2.45) is 0 Å². The van der Waals surface area contributed by atoms with Crippen molar-refractivity contribution in [3.8, 4) is 11.5 Å². The summed E-state index contributed by atoms with van der Waals surface area (Å²) in [5.41, 5.74) is 1.33. The maximum Gasteiger partial charge on any atom is 0.270 e. The number of carbonyl (C=O) groups is 1. The lowest BCUT2D eigenvalue weighted by Crippen LogP contribution is -2.27. The maximum absolute atomic E-state index is 12.8. The average molecular weight is 426 g/mol. The van der Waals surface area contributed by atoms with Crippen LogP contribution < -0.4 is 14.4 Å². The minimum Gasteiger partial charge on any atom is -0.497 e. The van der Waals surface area contributed by atoms with Crippen LogP contribution in [0.4, 0.5) is 5.69 Å². The Balaban J connectivity index is 1.96. The van der Waals surface area contributed by atoms with Crippen LogP contribution in [0.15, 0.2) is 41.3 Å². The third-order valence-corrected chi connectivity index (χ3v) is 5.72. The van der Waals surface area contributed by atoms with E-state index in [0.29, 0.717) is 36.5 Å². The first kappa shape index (κ1) is 19.0. The van der Waals surface area contributed by atoms with E-state index in [1.807, 2.05) is 6.07 Å². The third-order valence-electron chi connectivity index (χ3n) is 3.68. The largest absolute Gasteiger partial charge is 0.497 e. The molecule has 4 nitrogen and oxygen atoms in total. The molecule has 1 amide bonds. The summed E-state index contributed by atoms with van der Waals surface area (Å²) in [6.45, 7) is 0. The maximum atomic E-state index is 12.8. The van der Waals surface area contributed by atoms with Gasteiger partial charge in [-0.3, -0.25) is 9.69 Å². The molecule has 2 aromatic rings. The van der Waals surface area contributed by atoms with E-state index in [9.17, 15) is 4.79 Å². The Hall–Kier alpha value is -1.73. The molecule has 0 spiro atoms. The van der Waals surface area contributed by atoms with Gasteiger partial charge in [0, 0.05) is 11.6 Å². The number of ether oxygens (including phenoxy) is 2. The highest BCUT2D eigenvalue weighted by Gasteiger charge is 2.33. The molecule has 0 saturated carbocycles. The van der Waals surface area contributed by atoms with Crippen LogP contribution in [0.1, 0.15) is 5.56 Å². The fraction of sp³-hybridized carbons (Fsp3) is 0.111. The number of methoxy groups -OCH3 is 2. The van der Waals surface area contributed by atoms with Crippen molar-refractivity contribution >= 4 is 69.2 Å². The number of hydrogen-bond acceptors (Lipinski definition) is 5. The van der Waals surface area contributed by atoms with Crippen molar-refractivity contribution in [3.05, 3.63) is 56.9 Å². The summed E-state index contributed by atoms with van der Waals surface area (Å²) in [6.07, 6.45) is 1.75. The van der Waals surface area contributed by atoms with E-state index in [4.69, 9.17) is 44.9 Å². The van der Waals surface area contributed by atoms with Crippen LogP contribution in [0.5, 0.6) is 11.5 Å². The zero-order chi connectivity index (χ0) is 18.8. The Morgan fingerprint density at radius 3 is 2.50 bits per heavy atom. The topological polar surface area (TPSA) is 38.8 Å². The minimum atomic E-state index is -0.226. The second kappa shape index (κ2) is 7.88. The number of carbonyl (C=O) groups excluding carboxylic acids is 1. The number of anilines is 1. The van der Waals surface area contributed by atoms with Crippen molar-refractivity contribution < 1.29 is 14.3 Å². The molecule has 26 heavy (non-hydrogen) atoms. The summed E-state index contributed by atoms with van der Waals surface area (Å²) in [5.74, 6) is 1.04. The van der Waals surface area contributed by atoms with Crippen molar-refractivity contribution in [1.82, 2.24) is 0 Å². The highest BCUT2D eigenvalue weighted by Crippen LogP contribution is 2.39. The molecule has 8 heteroatoms. The van der Waals surface area contributed by atoms with Crippen LogP contribution in [-0.2, 0) is 4.79 Å². The van der Waals surface area contributed by atoms with E-state index < -0.39 is 0 Å². The van der Waals surface area contributed by atoms with Crippen LogP contribution in [-0.4, -0.2) is 24.4 Å². The summed E-state index contributed by atoms with van der Waals surface area (Å²) in [7, 11) is 3.14. The number of nitrogens with zero attached hydrogens (tertiary/aromatic N) is 1. The van der Waals surface area contributed by atoms with E-state index in [-0.39, 0.29) is 5.91 Å². The quantitative estimate of drug-likeness (QED) is 0.483. The molecule has 0 aromatic heterocycles. The first-order valence-corrected chi connectivity index (χ1v) is 9.37. The van der Waals surface area contributed by atoms with Gasteiger partial charge < -0.3 is 9.47 Å². The molecule has 3 rings (SSSR count). The van der Waals surface area contributed by atoms with Gasteiger partial charge in [-0.2, -0.15) is 0 Å². The molecule has 0 atom stereocenters. The first-order valence-electron chi connectivity index (χ1n) is 7.39. The summed E-state index contributed by atoms with van der Waals surface area (Å²) < 4.78 is 11.0. The van der Waals surface area contributed by atoms with Crippen molar-refractivity contribution in [2.45, 2.75) is 0 Å². The van der Waals surface area contributed by atoms with Gasteiger partial charge in [0.2, 0.25) is 0 Å². The monoisotopic (exact) mass is 425 g/mol. The molecule has 1 aliphatic rings. The Kier molecular flexibility index (Phi) is 5.77. The van der Waals surface area contributed by atoms with Crippen molar-refractivity contribution in [1.29, 1.82) is 0 Å². The highest BCUT2D eigenvalue weighted by molar-refractivity contribution is 8.27. The van der Waals surface area contributed by atoms with Crippen LogP contribution in [0.25, 0.3) is 6.08 Å². The number of thioether (sulfide) groups is 1. The lowest BCUT2D eigenvalue weighted by Gasteiger charge is -2.15. The fourth-order valence-corrected chi connectivity index (χ4v) is 3.98. The van der Waals surface area contributed by atoms with E-state index in [2.05, 4.69) is 0 Å². The fourth-order valence-electron chi connectivity index (χ4n) is 2.39. The van der Waals surface area contributed by atoms with Crippen LogP contribution in [0.2, 0.25) is 10.0 Å². The number of halogens is 2. The van der Waals surface area contributed by atoms with E-state index >= 15 is 0 Å². The molecule has 0 N–H and O–H groups in total. The van der Waals surface area contributed by atoms with Crippen molar-refractivity contribution in [3.63, 3.8) is 0 Å². The van der Waals surface area contributed by atoms with Gasteiger partial charge in [0.25, 0.3) is 5.91 Å². The standard InChI is InChI=1S/C18H13Cl2NO3S2/c1-23-12-5-3-10(15(9-12)24-2)7-16-17(22)21(18(25)26-16)11-4-6-13(19)14(20)8-11/h3-9H,1-2H3. The summed E-state index contributed by atoms with van der Waals surface area (Å²) in [5, 5.41) is 0.776. The second-order valence-corrected chi connectivity index (χ2v) is 7.71. The molecule has 0 unspecified atom stereocenters. The number of rotatable bonds is 4. The third kappa shape index (κ3) is 3.69. The SMILES string of the molecule is COc1ccc(C=C2SC(=S)N(c3ccc(Cl)c(Cl)c3)C2=O)c(OC)c1. The van der Waals surface area contributed by atoms with Crippen LogP contribution in [0.3, 0.4) is 0 Å². The Labute approximate surface area is 170 Å². The highest BCUT2D eigenvalue weighted by atomic mass is 35.5. The molecule has 0 bridgehead atoms. The molecule has 1 aliphatic heterocycles. The van der Waals surface area contributed by atoms with Gasteiger partial charge in [0.1, 0.15) is 11.5 Å². The van der Waals surface area contributed by atoms with Crippen LogP contribution >= 0.6 is 47.2 Å². The van der Waals surface area contributed by atoms with E-state index in [1.165, 1.54) is 16.7 Å². The molecule has 1 fully saturated rings. The van der Waals surface area contributed by atoms with Gasteiger partial charge in [-0.25, -0.2) is 0 Å². The van der Waals surface area contributed by atoms with Crippen molar-refractivity contribution in [2.75, 3.05) is 19.1 Å². The molecular weight excluding hydrogens is 413 g/mol. The molecular formula is C18H13Cl2NO3S2. The van der Waals surface area contributed by atoms with Gasteiger partial charge >= 0.3 is 0 Å². The lowest BCUT2D eigenvalue weighted by molar-refractivity contribution is -0.113. The predicted octanol–water partition coefficient (Wildman–Crippen LogP) is 5.42. The number of thiocarbonyl (C=S) groups is 1. The number of hydrogen-bond donors (Lipinski definition) is 0. The Morgan fingerprint density at radius 1 is 1.08 bits per heavy atom. The molecule has 2 aromatic carbocycles. The van der Waals surface area contributed by atoms with Gasteiger partial charge in [-0.15, -0.1) is 0 Å². The minimum absolute atomic E-state index is 0.226. The lowest BCUT2D eigenvalue weighted by atomic mass is 10.1. The smallest absolute Gasteiger partial charge is 0.270 e. The molecule has 0 aliphatic carbocycles. The molecule has 134 valence electrons. The van der Waals surface area contributed by atoms with Crippen LogP contribution in [0, 0.1) is 0 Å². The molecule has 1 saturated heterocycles.